The van der Waals surface area contributed by atoms with Crippen molar-refractivity contribution in [1.82, 2.24) is 19.2 Å². The van der Waals surface area contributed by atoms with Crippen LogP contribution >= 0.6 is 34.7 Å². The van der Waals surface area contributed by atoms with Crippen LogP contribution in [0.15, 0.2) is 57.8 Å². The molecule has 0 saturated carbocycles. The Kier molecular flexibility index (Phi) is 6.68. The fourth-order valence-corrected chi connectivity index (χ4v) is 5.99. The third-order valence-corrected chi connectivity index (χ3v) is 7.86. The number of methoxy groups -OCH3 is 2. The van der Waals surface area contributed by atoms with Gasteiger partial charge in [-0.2, -0.15) is 0 Å². The molecule has 7 nitrogen and oxygen atoms in total. The van der Waals surface area contributed by atoms with Crippen LogP contribution < -0.4 is 15.0 Å². The van der Waals surface area contributed by atoms with E-state index in [1.165, 1.54) is 29.2 Å². The predicted octanol–water partition coefficient (Wildman–Crippen LogP) is 5.45. The van der Waals surface area contributed by atoms with E-state index in [-0.39, 0.29) is 17.1 Å². The summed E-state index contributed by atoms with van der Waals surface area (Å²) in [5.74, 6) is 1.62. The summed E-state index contributed by atoms with van der Waals surface area (Å²) in [5.41, 5.74) is 2.00. The maximum atomic E-state index is 14.3. The zero-order valence-electron chi connectivity index (χ0n) is 18.8. The molecule has 0 atom stereocenters. The van der Waals surface area contributed by atoms with Crippen LogP contribution in [-0.4, -0.2) is 33.4 Å². The summed E-state index contributed by atoms with van der Waals surface area (Å²) in [4.78, 5) is 13.3. The van der Waals surface area contributed by atoms with Gasteiger partial charge in [-0.15, -0.1) is 21.5 Å². The number of halogens is 2. The van der Waals surface area contributed by atoms with Crippen molar-refractivity contribution in [3.63, 3.8) is 0 Å². The number of rotatable bonds is 8. The van der Waals surface area contributed by atoms with Crippen molar-refractivity contribution in [2.45, 2.75) is 23.9 Å². The molecule has 5 rings (SSSR count). The van der Waals surface area contributed by atoms with Crippen molar-refractivity contribution < 1.29 is 13.9 Å². The van der Waals surface area contributed by atoms with Gasteiger partial charge in [0.15, 0.2) is 16.7 Å². The number of fused-ring (bicyclic) bond motifs is 3. The molecule has 0 aliphatic rings. The molecule has 0 fully saturated rings. The standard InChI is InChI=1S/C24H20ClFN4O3S2/c1-32-19-7-6-14(12-20(19)33-2)8-10-29-22(31)21-18(9-11-34-21)30-23(29)27-28-24(30)35-13-15-16(25)4-3-5-17(15)26/h3-7,9,11-12H,8,10,13H2,1-2H3. The van der Waals surface area contributed by atoms with E-state index in [0.717, 1.165) is 11.1 Å². The predicted molar refractivity (Wildman–Crippen MR) is 137 cm³/mol. The van der Waals surface area contributed by atoms with Crippen LogP contribution in [0.2, 0.25) is 5.02 Å². The Bertz CT molecular complexity index is 1580. The highest BCUT2D eigenvalue weighted by atomic mass is 35.5. The van der Waals surface area contributed by atoms with Crippen molar-refractivity contribution in [1.29, 1.82) is 0 Å². The molecule has 180 valence electrons. The molecule has 0 saturated heterocycles. The summed E-state index contributed by atoms with van der Waals surface area (Å²) in [6, 6.07) is 12.2. The van der Waals surface area contributed by atoms with Gasteiger partial charge in [0.2, 0.25) is 5.78 Å². The third-order valence-electron chi connectivity index (χ3n) is 5.66. The Morgan fingerprint density at radius 3 is 2.71 bits per heavy atom. The molecule has 0 spiro atoms. The number of nitrogens with zero attached hydrogens (tertiary/aromatic N) is 4. The van der Waals surface area contributed by atoms with E-state index >= 15 is 0 Å². The third kappa shape index (κ3) is 4.37. The molecule has 0 amide bonds. The van der Waals surface area contributed by atoms with Gasteiger partial charge in [-0.3, -0.25) is 13.8 Å². The van der Waals surface area contributed by atoms with Gasteiger partial charge >= 0.3 is 0 Å². The first-order valence-corrected chi connectivity index (χ1v) is 12.9. The molecule has 0 aliphatic heterocycles. The van der Waals surface area contributed by atoms with Gasteiger partial charge in [0.25, 0.3) is 5.56 Å². The van der Waals surface area contributed by atoms with Crippen LogP contribution in [0.1, 0.15) is 11.1 Å². The first-order valence-electron chi connectivity index (χ1n) is 10.6. The summed E-state index contributed by atoms with van der Waals surface area (Å²) >= 11 is 8.88. The van der Waals surface area contributed by atoms with Crippen LogP contribution in [0, 0.1) is 5.82 Å². The largest absolute Gasteiger partial charge is 0.493 e. The lowest BCUT2D eigenvalue weighted by Crippen LogP contribution is -2.23. The lowest BCUT2D eigenvalue weighted by atomic mass is 10.1. The van der Waals surface area contributed by atoms with Crippen molar-refractivity contribution in [2.75, 3.05) is 14.2 Å². The van der Waals surface area contributed by atoms with E-state index < -0.39 is 0 Å². The average Bonchev–Trinajstić information content (AvgIpc) is 3.51. The monoisotopic (exact) mass is 530 g/mol. The van der Waals surface area contributed by atoms with Crippen molar-refractivity contribution >= 4 is 50.7 Å². The Balaban J connectivity index is 1.51. The highest BCUT2D eigenvalue weighted by Crippen LogP contribution is 2.31. The molecule has 3 aromatic heterocycles. The zero-order valence-corrected chi connectivity index (χ0v) is 21.2. The van der Waals surface area contributed by atoms with Crippen LogP contribution in [0.25, 0.3) is 16.0 Å². The molecule has 3 heterocycles. The lowest BCUT2D eigenvalue weighted by molar-refractivity contribution is 0.354. The average molecular weight is 531 g/mol. The number of ether oxygens (including phenoxy) is 2. The van der Waals surface area contributed by atoms with Gasteiger partial charge in [0.05, 0.1) is 19.7 Å². The molecule has 0 N–H and O–H groups in total. The fraction of sp³-hybridized carbons (Fsp3) is 0.208. The molecule has 35 heavy (non-hydrogen) atoms. The highest BCUT2D eigenvalue weighted by molar-refractivity contribution is 7.98. The van der Waals surface area contributed by atoms with E-state index in [9.17, 15) is 9.18 Å². The number of thiophene rings is 1. The Morgan fingerprint density at radius 2 is 1.94 bits per heavy atom. The molecule has 0 radical (unpaired) electrons. The maximum Gasteiger partial charge on any atom is 0.272 e. The Labute approximate surface area is 213 Å². The maximum absolute atomic E-state index is 14.3. The fourth-order valence-electron chi connectivity index (χ4n) is 3.88. The first kappa shape index (κ1) is 23.7. The summed E-state index contributed by atoms with van der Waals surface area (Å²) in [5, 5.41) is 11.4. The molecular weight excluding hydrogens is 511 g/mol. The van der Waals surface area contributed by atoms with Crippen LogP contribution in [-0.2, 0) is 18.7 Å². The minimum atomic E-state index is -0.369. The molecule has 11 heteroatoms. The summed E-state index contributed by atoms with van der Waals surface area (Å²) in [7, 11) is 3.18. The van der Waals surface area contributed by atoms with E-state index in [1.807, 2.05) is 34.0 Å². The summed E-state index contributed by atoms with van der Waals surface area (Å²) in [6.45, 7) is 0.396. The first-order chi connectivity index (χ1) is 17.0. The lowest BCUT2D eigenvalue weighted by Gasteiger charge is -2.12. The minimum absolute atomic E-state index is 0.121. The van der Waals surface area contributed by atoms with E-state index in [4.69, 9.17) is 21.1 Å². The molecule has 2 aromatic carbocycles. The second-order valence-corrected chi connectivity index (χ2v) is 9.90. The molecule has 0 bridgehead atoms. The van der Waals surface area contributed by atoms with Crippen LogP contribution in [0.5, 0.6) is 11.5 Å². The van der Waals surface area contributed by atoms with Crippen LogP contribution in [0.3, 0.4) is 0 Å². The summed E-state index contributed by atoms with van der Waals surface area (Å²) < 4.78 is 29.1. The number of aryl methyl sites for hydroxylation is 2. The summed E-state index contributed by atoms with van der Waals surface area (Å²) in [6.07, 6.45) is 0.576. The highest BCUT2D eigenvalue weighted by Gasteiger charge is 2.19. The van der Waals surface area contributed by atoms with Gasteiger partial charge in [-0.25, -0.2) is 4.39 Å². The van der Waals surface area contributed by atoms with Gasteiger partial charge < -0.3 is 9.47 Å². The second kappa shape index (κ2) is 9.88. The van der Waals surface area contributed by atoms with Crippen molar-refractivity contribution in [2.24, 2.45) is 0 Å². The van der Waals surface area contributed by atoms with Crippen molar-refractivity contribution in [3.8, 4) is 11.5 Å². The van der Waals surface area contributed by atoms with Gasteiger partial charge in [0.1, 0.15) is 10.5 Å². The van der Waals surface area contributed by atoms with Gasteiger partial charge in [-0.05, 0) is 47.7 Å². The zero-order chi connectivity index (χ0) is 24.5. The van der Waals surface area contributed by atoms with Crippen LogP contribution in [0.4, 0.5) is 4.39 Å². The molecule has 5 aromatic rings. The number of hydrogen-bond donors (Lipinski definition) is 0. The molecule has 0 aliphatic carbocycles. The topological polar surface area (TPSA) is 70.7 Å². The van der Waals surface area contributed by atoms with E-state index in [1.54, 1.807) is 30.9 Å². The second-order valence-electron chi connectivity index (χ2n) is 7.64. The number of thioether (sulfide) groups is 1. The number of hydrogen-bond acceptors (Lipinski definition) is 7. The van der Waals surface area contributed by atoms with Gasteiger partial charge in [-0.1, -0.05) is 35.5 Å². The SMILES string of the molecule is COc1ccc(CCn2c(=O)c3sccc3n3c(SCc4c(F)cccc4Cl)nnc23)cc1OC. The van der Waals surface area contributed by atoms with E-state index in [0.29, 0.717) is 50.7 Å². The van der Waals surface area contributed by atoms with Gasteiger partial charge in [0, 0.05) is 22.9 Å². The number of aromatic nitrogens is 4. The Hall–Kier alpha value is -3.08. The van der Waals surface area contributed by atoms with Crippen molar-refractivity contribution in [3.05, 3.63) is 80.2 Å². The normalized spacial score (nSPS) is 11.4. The minimum Gasteiger partial charge on any atom is -0.493 e. The molecular formula is C24H20ClFN4O3S2. The Morgan fingerprint density at radius 1 is 1.11 bits per heavy atom. The van der Waals surface area contributed by atoms with E-state index in [2.05, 4.69) is 10.2 Å². The quantitative estimate of drug-likeness (QED) is 0.248. The molecule has 0 unspecified atom stereocenters. The number of benzene rings is 2. The smallest absolute Gasteiger partial charge is 0.272 e.